The number of fused-ring (bicyclic) bond motifs is 1. The van der Waals surface area contributed by atoms with E-state index in [0.717, 1.165) is 19.4 Å². The first-order valence-electron chi connectivity index (χ1n) is 8.68. The molecule has 0 bridgehead atoms. The van der Waals surface area contributed by atoms with Crippen molar-refractivity contribution in [1.29, 1.82) is 0 Å². The van der Waals surface area contributed by atoms with Crippen LogP contribution in [-0.2, 0) is 4.74 Å². The summed E-state index contributed by atoms with van der Waals surface area (Å²) in [6.45, 7) is 1.47. The first-order valence-corrected chi connectivity index (χ1v) is 8.68. The first kappa shape index (κ1) is 17.0. The van der Waals surface area contributed by atoms with Crippen LogP contribution in [0.25, 0.3) is 0 Å². The molecule has 5 nitrogen and oxygen atoms in total. The van der Waals surface area contributed by atoms with Crippen LogP contribution in [0.5, 0.6) is 5.75 Å². The standard InChI is InChI=1S/C18H25FN2O3/c1-23-10-11-24-17-8-7-14(12-15(17)19)20-18(22)21-9-3-5-13-4-2-6-16(13)21/h7-8,12-13,16H,2-6,9-11H2,1H3,(H,20,22)/t13-,16+/m0/s1. The number of rotatable bonds is 5. The lowest BCUT2D eigenvalue weighted by molar-refractivity contribution is 0.138. The topological polar surface area (TPSA) is 50.8 Å². The van der Waals surface area contributed by atoms with Gasteiger partial charge in [0, 0.05) is 31.5 Å². The Morgan fingerprint density at radius 2 is 2.12 bits per heavy atom. The summed E-state index contributed by atoms with van der Waals surface area (Å²) in [6, 6.07) is 4.73. The van der Waals surface area contributed by atoms with Crippen LogP contribution in [0.4, 0.5) is 14.9 Å². The van der Waals surface area contributed by atoms with E-state index < -0.39 is 5.82 Å². The average Bonchev–Trinajstić information content (AvgIpc) is 3.05. The Morgan fingerprint density at radius 3 is 2.92 bits per heavy atom. The minimum absolute atomic E-state index is 0.126. The lowest BCUT2D eigenvalue weighted by Crippen LogP contribution is -2.48. The lowest BCUT2D eigenvalue weighted by Gasteiger charge is -2.37. The van der Waals surface area contributed by atoms with Gasteiger partial charge in [0.25, 0.3) is 0 Å². The number of ether oxygens (including phenoxy) is 2. The van der Waals surface area contributed by atoms with Gasteiger partial charge in [-0.2, -0.15) is 0 Å². The Morgan fingerprint density at radius 1 is 1.29 bits per heavy atom. The average molecular weight is 336 g/mol. The summed E-state index contributed by atoms with van der Waals surface area (Å²) in [5, 5.41) is 2.83. The zero-order chi connectivity index (χ0) is 16.9. The van der Waals surface area contributed by atoms with Crippen LogP contribution in [0.3, 0.4) is 0 Å². The van der Waals surface area contributed by atoms with E-state index in [-0.39, 0.29) is 18.4 Å². The summed E-state index contributed by atoms with van der Waals surface area (Å²) in [6.07, 6.45) is 5.77. The fraction of sp³-hybridized carbons (Fsp3) is 0.611. The SMILES string of the molecule is COCCOc1ccc(NC(=O)N2CCC[C@@H]3CCC[C@H]32)cc1F. The number of benzene rings is 1. The number of carbonyl (C=O) groups is 1. The third-order valence-electron chi connectivity index (χ3n) is 4.98. The minimum Gasteiger partial charge on any atom is -0.488 e. The summed E-state index contributed by atoms with van der Waals surface area (Å²) in [7, 11) is 1.56. The number of hydrogen-bond donors (Lipinski definition) is 1. The molecule has 1 saturated carbocycles. The molecule has 6 heteroatoms. The number of nitrogens with one attached hydrogen (secondary N) is 1. The maximum absolute atomic E-state index is 14.1. The lowest BCUT2D eigenvalue weighted by atomic mass is 9.92. The quantitative estimate of drug-likeness (QED) is 0.835. The Hall–Kier alpha value is -1.82. The predicted molar refractivity (Wildman–Crippen MR) is 89.9 cm³/mol. The molecule has 1 heterocycles. The van der Waals surface area contributed by atoms with Gasteiger partial charge in [-0.1, -0.05) is 6.42 Å². The monoisotopic (exact) mass is 336 g/mol. The highest BCUT2D eigenvalue weighted by atomic mass is 19.1. The van der Waals surface area contributed by atoms with Crippen molar-refractivity contribution < 1.29 is 18.7 Å². The van der Waals surface area contributed by atoms with E-state index in [0.29, 0.717) is 24.3 Å². The Labute approximate surface area is 142 Å². The molecule has 24 heavy (non-hydrogen) atoms. The van der Waals surface area contributed by atoms with Crippen molar-refractivity contribution in [3.63, 3.8) is 0 Å². The largest absolute Gasteiger partial charge is 0.488 e. The Bertz CT molecular complexity index is 581. The number of methoxy groups -OCH3 is 1. The second kappa shape index (κ2) is 7.83. The van der Waals surface area contributed by atoms with Gasteiger partial charge in [0.1, 0.15) is 6.61 Å². The molecule has 1 saturated heterocycles. The third kappa shape index (κ3) is 3.80. The maximum atomic E-state index is 14.1. The molecular formula is C18H25FN2O3. The van der Waals surface area contributed by atoms with Crippen LogP contribution < -0.4 is 10.1 Å². The van der Waals surface area contributed by atoms with Crippen molar-refractivity contribution in [2.45, 2.75) is 38.1 Å². The highest BCUT2D eigenvalue weighted by Crippen LogP contribution is 2.37. The van der Waals surface area contributed by atoms with E-state index >= 15 is 0 Å². The van der Waals surface area contributed by atoms with Crippen molar-refractivity contribution in [1.82, 2.24) is 4.90 Å². The molecule has 2 fully saturated rings. The second-order valence-electron chi connectivity index (χ2n) is 6.51. The van der Waals surface area contributed by atoms with Gasteiger partial charge in [0.15, 0.2) is 11.6 Å². The molecule has 3 rings (SSSR count). The third-order valence-corrected chi connectivity index (χ3v) is 4.98. The highest BCUT2D eigenvalue weighted by Gasteiger charge is 2.37. The summed E-state index contributed by atoms with van der Waals surface area (Å²) >= 11 is 0. The summed E-state index contributed by atoms with van der Waals surface area (Å²) in [5.41, 5.74) is 0.455. The van der Waals surface area contributed by atoms with Crippen molar-refractivity contribution in [2.24, 2.45) is 5.92 Å². The molecule has 0 aromatic heterocycles. The number of nitrogens with zero attached hydrogens (tertiary/aromatic N) is 1. The van der Waals surface area contributed by atoms with Crippen LogP contribution >= 0.6 is 0 Å². The molecule has 2 amide bonds. The summed E-state index contributed by atoms with van der Waals surface area (Å²) < 4.78 is 24.2. The van der Waals surface area contributed by atoms with Crippen LogP contribution in [0, 0.1) is 11.7 Å². The fourth-order valence-electron chi connectivity index (χ4n) is 3.83. The van der Waals surface area contributed by atoms with Crippen molar-refractivity contribution >= 4 is 11.7 Å². The minimum atomic E-state index is -0.485. The van der Waals surface area contributed by atoms with E-state index in [1.165, 1.54) is 31.4 Å². The molecule has 132 valence electrons. The van der Waals surface area contributed by atoms with E-state index in [2.05, 4.69) is 5.32 Å². The van der Waals surface area contributed by atoms with Crippen LogP contribution in [0.1, 0.15) is 32.1 Å². The molecule has 2 atom stereocenters. The first-order chi connectivity index (χ1) is 11.7. The molecule has 1 N–H and O–H groups in total. The molecule has 0 radical (unpaired) electrons. The number of halogens is 1. The van der Waals surface area contributed by atoms with Gasteiger partial charge in [-0.25, -0.2) is 9.18 Å². The Balaban J connectivity index is 1.60. The summed E-state index contributed by atoms with van der Waals surface area (Å²) in [4.78, 5) is 14.5. The molecule has 1 aliphatic heterocycles. The van der Waals surface area contributed by atoms with Crippen molar-refractivity contribution in [3.8, 4) is 5.75 Å². The van der Waals surface area contributed by atoms with Gasteiger partial charge >= 0.3 is 6.03 Å². The molecule has 1 aliphatic carbocycles. The van der Waals surface area contributed by atoms with E-state index in [4.69, 9.17) is 9.47 Å². The van der Waals surface area contributed by atoms with Crippen molar-refractivity contribution in [2.75, 3.05) is 32.2 Å². The van der Waals surface area contributed by atoms with Gasteiger partial charge in [-0.3, -0.25) is 0 Å². The molecule has 2 aliphatic rings. The predicted octanol–water partition coefficient (Wildman–Crippen LogP) is 3.65. The van der Waals surface area contributed by atoms with Crippen LogP contribution in [0.15, 0.2) is 18.2 Å². The number of hydrogen-bond acceptors (Lipinski definition) is 3. The van der Waals surface area contributed by atoms with E-state index in [1.807, 2.05) is 4.90 Å². The molecule has 1 aromatic carbocycles. The van der Waals surface area contributed by atoms with E-state index in [1.54, 1.807) is 13.2 Å². The molecule has 0 unspecified atom stereocenters. The van der Waals surface area contributed by atoms with Gasteiger partial charge in [0.2, 0.25) is 0 Å². The number of piperidine rings is 1. The highest BCUT2D eigenvalue weighted by molar-refractivity contribution is 5.89. The number of carbonyl (C=O) groups excluding carboxylic acids is 1. The van der Waals surface area contributed by atoms with Gasteiger partial charge in [0.05, 0.1) is 6.61 Å². The number of amides is 2. The number of likely N-dealkylation sites (tertiary alicyclic amines) is 1. The summed E-state index contributed by atoms with van der Waals surface area (Å²) in [5.74, 6) is 0.318. The van der Waals surface area contributed by atoms with Gasteiger partial charge in [-0.05, 0) is 43.7 Å². The van der Waals surface area contributed by atoms with Crippen LogP contribution in [-0.4, -0.2) is 43.8 Å². The van der Waals surface area contributed by atoms with Crippen molar-refractivity contribution in [3.05, 3.63) is 24.0 Å². The zero-order valence-electron chi connectivity index (χ0n) is 14.1. The second-order valence-corrected chi connectivity index (χ2v) is 6.51. The molecular weight excluding hydrogens is 311 g/mol. The van der Waals surface area contributed by atoms with E-state index in [9.17, 15) is 9.18 Å². The smallest absolute Gasteiger partial charge is 0.322 e. The normalized spacial score (nSPS) is 23.0. The molecule has 0 spiro atoms. The zero-order valence-corrected chi connectivity index (χ0v) is 14.1. The van der Waals surface area contributed by atoms with Crippen LogP contribution in [0.2, 0.25) is 0 Å². The number of urea groups is 1. The van der Waals surface area contributed by atoms with Gasteiger partial charge < -0.3 is 19.7 Å². The molecule has 1 aromatic rings. The number of anilines is 1. The van der Waals surface area contributed by atoms with Gasteiger partial charge in [-0.15, -0.1) is 0 Å². The maximum Gasteiger partial charge on any atom is 0.322 e. The Kier molecular flexibility index (Phi) is 5.56. The fourth-order valence-corrected chi connectivity index (χ4v) is 3.83.